The van der Waals surface area contributed by atoms with E-state index in [2.05, 4.69) is 5.32 Å². The van der Waals surface area contributed by atoms with Crippen LogP contribution >= 0.6 is 58.0 Å². The van der Waals surface area contributed by atoms with E-state index in [1.807, 2.05) is 0 Å². The summed E-state index contributed by atoms with van der Waals surface area (Å²) in [4.78, 5) is 27.3. The lowest BCUT2D eigenvalue weighted by molar-refractivity contribution is -0.117. The number of carbonyl (C=O) groups excluding carboxylic acids is 2. The second-order valence-electron chi connectivity index (χ2n) is 7.86. The zero-order valence-electron chi connectivity index (χ0n) is 17.5. The first-order valence-electron chi connectivity index (χ1n) is 9.97. The number of rotatable bonds is 5. The van der Waals surface area contributed by atoms with E-state index in [9.17, 15) is 14.0 Å². The summed E-state index contributed by atoms with van der Waals surface area (Å²) in [7, 11) is 1.50. The van der Waals surface area contributed by atoms with Gasteiger partial charge >= 0.3 is 0 Å². The summed E-state index contributed by atoms with van der Waals surface area (Å²) in [6.45, 7) is 0. The maximum atomic E-state index is 13.6. The molecule has 176 valence electrons. The molecule has 4 rings (SSSR count). The fraction of sp³-hybridized carbons (Fsp3) is 0.167. The Morgan fingerprint density at radius 3 is 2.29 bits per heavy atom. The van der Waals surface area contributed by atoms with Gasteiger partial charge in [0.05, 0.1) is 16.5 Å². The van der Waals surface area contributed by atoms with Gasteiger partial charge in [0.25, 0.3) is 5.91 Å². The largest absolute Gasteiger partial charge is 0.326 e. The average molecular weight is 561 g/mol. The highest BCUT2D eigenvalue weighted by atomic mass is 35.5. The molecule has 1 saturated carbocycles. The summed E-state index contributed by atoms with van der Waals surface area (Å²) in [6, 6.07) is 15.0. The van der Waals surface area contributed by atoms with Crippen LogP contribution in [0.25, 0.3) is 0 Å². The topological polar surface area (TPSA) is 49.4 Å². The molecule has 0 aliphatic heterocycles. The van der Waals surface area contributed by atoms with E-state index in [4.69, 9.17) is 58.0 Å². The van der Waals surface area contributed by atoms with Gasteiger partial charge in [0.1, 0.15) is 10.2 Å². The molecule has 1 aliphatic rings. The molecular formula is C24H16Cl5FN2O2. The Hall–Kier alpha value is -2.02. The lowest BCUT2D eigenvalue weighted by Gasteiger charge is -2.19. The molecule has 0 bridgehead atoms. The summed E-state index contributed by atoms with van der Waals surface area (Å²) < 4.78 is 12.2. The van der Waals surface area contributed by atoms with Crippen molar-refractivity contribution in [3.05, 3.63) is 92.7 Å². The Morgan fingerprint density at radius 1 is 0.971 bits per heavy atom. The van der Waals surface area contributed by atoms with Gasteiger partial charge in [-0.1, -0.05) is 40.9 Å². The molecule has 3 aromatic carbocycles. The number of hydrogen-bond acceptors (Lipinski definition) is 2. The van der Waals surface area contributed by atoms with Gasteiger partial charge < -0.3 is 10.2 Å². The number of nitrogens with one attached hydrogen (secondary N) is 1. The minimum Gasteiger partial charge on any atom is -0.326 e. The molecule has 0 radical (unpaired) electrons. The first-order valence-corrected chi connectivity index (χ1v) is 11.9. The zero-order valence-corrected chi connectivity index (χ0v) is 21.2. The minimum atomic E-state index is -1.35. The molecule has 2 atom stereocenters. The lowest BCUT2D eigenvalue weighted by atomic mass is 10.1. The molecule has 1 aliphatic carbocycles. The van der Waals surface area contributed by atoms with E-state index < -0.39 is 33.8 Å². The number of benzene rings is 3. The SMILES string of the molecule is CN(C(=O)c1cc(NC(=O)[C@@H]2[C@@H](c3cc(Cl)cc(Cl)c3)C2(Cl)Cl)ccc1Cl)c1cccc(F)c1. The summed E-state index contributed by atoms with van der Waals surface area (Å²) in [5.74, 6) is -2.68. The molecule has 0 aromatic heterocycles. The molecule has 0 heterocycles. The summed E-state index contributed by atoms with van der Waals surface area (Å²) in [5, 5.41) is 3.72. The molecule has 3 aromatic rings. The Labute approximate surface area is 220 Å². The second-order valence-corrected chi connectivity index (χ2v) is 10.6. The predicted octanol–water partition coefficient (Wildman–Crippen LogP) is 7.59. The number of nitrogens with zero attached hydrogens (tertiary/aromatic N) is 1. The number of alkyl halides is 2. The Balaban J connectivity index is 1.54. The molecule has 4 nitrogen and oxygen atoms in total. The van der Waals surface area contributed by atoms with Crippen molar-refractivity contribution in [2.75, 3.05) is 17.3 Å². The second kappa shape index (κ2) is 9.56. The van der Waals surface area contributed by atoms with Crippen molar-refractivity contribution in [1.82, 2.24) is 0 Å². The van der Waals surface area contributed by atoms with E-state index >= 15 is 0 Å². The van der Waals surface area contributed by atoms with Crippen LogP contribution in [0, 0.1) is 11.7 Å². The van der Waals surface area contributed by atoms with Crippen LogP contribution in [0.15, 0.2) is 60.7 Å². The molecule has 0 spiro atoms. The van der Waals surface area contributed by atoms with Crippen LogP contribution in [0.4, 0.5) is 15.8 Å². The lowest BCUT2D eigenvalue weighted by Crippen LogP contribution is -2.27. The molecule has 0 unspecified atom stereocenters. The van der Waals surface area contributed by atoms with Gasteiger partial charge in [0, 0.05) is 34.4 Å². The maximum absolute atomic E-state index is 13.6. The van der Waals surface area contributed by atoms with Crippen LogP contribution in [0.3, 0.4) is 0 Å². The van der Waals surface area contributed by atoms with E-state index in [-0.39, 0.29) is 10.6 Å². The maximum Gasteiger partial charge on any atom is 0.259 e. The summed E-state index contributed by atoms with van der Waals surface area (Å²) >= 11 is 31.2. The predicted molar refractivity (Wildman–Crippen MR) is 136 cm³/mol. The van der Waals surface area contributed by atoms with Crippen LogP contribution in [-0.2, 0) is 4.79 Å². The molecule has 1 fully saturated rings. The first-order chi connectivity index (χ1) is 16.0. The summed E-state index contributed by atoms with van der Waals surface area (Å²) in [5.41, 5.74) is 1.45. The minimum absolute atomic E-state index is 0.128. The van der Waals surface area contributed by atoms with Crippen molar-refractivity contribution in [3.8, 4) is 0 Å². The molecule has 2 amide bonds. The van der Waals surface area contributed by atoms with Crippen molar-refractivity contribution in [3.63, 3.8) is 0 Å². The molecule has 10 heteroatoms. The Bertz CT molecular complexity index is 1280. The third kappa shape index (κ3) is 5.00. The van der Waals surface area contributed by atoms with E-state index in [1.54, 1.807) is 30.3 Å². The van der Waals surface area contributed by atoms with Gasteiger partial charge in [-0.25, -0.2) is 4.39 Å². The highest BCUT2D eigenvalue weighted by molar-refractivity contribution is 6.53. The van der Waals surface area contributed by atoms with Crippen molar-refractivity contribution in [1.29, 1.82) is 0 Å². The number of anilines is 2. The van der Waals surface area contributed by atoms with Gasteiger partial charge in [-0.3, -0.25) is 9.59 Å². The van der Waals surface area contributed by atoms with Crippen molar-refractivity contribution < 1.29 is 14.0 Å². The highest BCUT2D eigenvalue weighted by Crippen LogP contribution is 2.65. The normalized spacial score (nSPS) is 18.3. The molecule has 0 saturated heterocycles. The third-order valence-corrected chi connectivity index (χ3v) is 7.25. The molecular weight excluding hydrogens is 545 g/mol. The molecule has 34 heavy (non-hydrogen) atoms. The third-order valence-electron chi connectivity index (χ3n) is 5.54. The van der Waals surface area contributed by atoms with Gasteiger partial charge in [0.2, 0.25) is 5.91 Å². The van der Waals surface area contributed by atoms with Gasteiger partial charge in [-0.05, 0) is 60.2 Å². The van der Waals surface area contributed by atoms with Crippen molar-refractivity contribution in [2.24, 2.45) is 5.92 Å². The van der Waals surface area contributed by atoms with Gasteiger partial charge in [-0.15, -0.1) is 23.2 Å². The van der Waals surface area contributed by atoms with E-state index in [0.29, 0.717) is 27.0 Å². The first kappa shape index (κ1) is 25.1. The van der Waals surface area contributed by atoms with Crippen LogP contribution in [-0.4, -0.2) is 23.2 Å². The highest BCUT2D eigenvalue weighted by Gasteiger charge is 2.67. The fourth-order valence-electron chi connectivity index (χ4n) is 3.79. The van der Waals surface area contributed by atoms with Crippen LogP contribution in [0.5, 0.6) is 0 Å². The average Bonchev–Trinajstić information content (AvgIpc) is 3.35. The Kier molecular flexibility index (Phi) is 7.05. The van der Waals surface area contributed by atoms with E-state index in [0.717, 1.165) is 0 Å². The van der Waals surface area contributed by atoms with Crippen LogP contribution in [0.2, 0.25) is 15.1 Å². The number of halogens is 6. The zero-order chi connectivity index (χ0) is 24.8. The monoisotopic (exact) mass is 558 g/mol. The fourth-order valence-corrected chi connectivity index (χ4v) is 5.36. The summed E-state index contributed by atoms with van der Waals surface area (Å²) in [6.07, 6.45) is 0. The van der Waals surface area contributed by atoms with Crippen molar-refractivity contribution in [2.45, 2.75) is 10.3 Å². The number of amides is 2. The van der Waals surface area contributed by atoms with Crippen LogP contribution < -0.4 is 10.2 Å². The smallest absolute Gasteiger partial charge is 0.259 e. The van der Waals surface area contributed by atoms with Gasteiger partial charge in [0.15, 0.2) is 0 Å². The number of hydrogen-bond donors (Lipinski definition) is 1. The quantitative estimate of drug-likeness (QED) is 0.327. The van der Waals surface area contributed by atoms with E-state index in [1.165, 1.54) is 42.3 Å². The number of carbonyl (C=O) groups is 2. The molecule has 1 N–H and O–H groups in total. The standard InChI is InChI=1S/C24H16Cl5FN2O2/c1-32(17-4-2-3-15(30)10-17)23(34)18-11-16(5-6-19(18)27)31-22(33)21-20(24(21,28)29)12-7-13(25)9-14(26)8-12/h2-11,20-21H,1H3,(H,31,33)/t20-,21+/m1/s1. The van der Waals surface area contributed by atoms with Crippen LogP contribution in [0.1, 0.15) is 21.8 Å². The van der Waals surface area contributed by atoms with Crippen molar-refractivity contribution >= 4 is 81.2 Å². The Morgan fingerprint density at radius 2 is 1.65 bits per heavy atom. The van der Waals surface area contributed by atoms with Gasteiger partial charge in [-0.2, -0.15) is 0 Å².